The van der Waals surface area contributed by atoms with E-state index in [4.69, 9.17) is 5.73 Å². The zero-order valence-corrected chi connectivity index (χ0v) is 15.8. The molecule has 4 N–H and O–H groups in total. The number of rotatable bonds is 8. The lowest BCUT2D eigenvalue weighted by atomic mass is 9.68. The van der Waals surface area contributed by atoms with E-state index in [1.807, 2.05) is 18.2 Å². The van der Waals surface area contributed by atoms with E-state index in [1.54, 1.807) is 72.8 Å². The van der Waals surface area contributed by atoms with Gasteiger partial charge in [-0.25, -0.2) is 0 Å². The first kappa shape index (κ1) is 20.3. The number of aliphatic carboxylic acids is 2. The fraction of sp³-hybridized carbons (Fsp3) is 0.167. The Bertz CT molecular complexity index is 920. The summed E-state index contributed by atoms with van der Waals surface area (Å²) in [5.74, 6) is -4.70. The van der Waals surface area contributed by atoms with Crippen LogP contribution in [0.25, 0.3) is 0 Å². The molecule has 0 saturated heterocycles. The van der Waals surface area contributed by atoms with E-state index in [9.17, 15) is 19.8 Å². The van der Waals surface area contributed by atoms with Crippen molar-refractivity contribution in [1.82, 2.24) is 0 Å². The van der Waals surface area contributed by atoms with E-state index in [2.05, 4.69) is 0 Å². The second kappa shape index (κ2) is 8.71. The maximum absolute atomic E-state index is 12.5. The molecule has 0 aromatic heterocycles. The predicted octanol–water partition coefficient (Wildman–Crippen LogP) is 3.54. The molecule has 0 spiro atoms. The van der Waals surface area contributed by atoms with Crippen LogP contribution in [-0.4, -0.2) is 27.7 Å². The van der Waals surface area contributed by atoms with Crippen LogP contribution in [0.4, 0.5) is 0 Å². The monoisotopic (exact) mass is 389 g/mol. The molecule has 0 radical (unpaired) electrons. The third-order valence-corrected chi connectivity index (χ3v) is 5.21. The summed E-state index contributed by atoms with van der Waals surface area (Å²) in [5.41, 5.74) is 6.48. The molecule has 2 atom stereocenters. The third kappa shape index (κ3) is 4.36. The maximum Gasteiger partial charge on any atom is 0.324 e. The Morgan fingerprint density at radius 2 is 1.17 bits per heavy atom. The lowest BCUT2D eigenvalue weighted by Crippen LogP contribution is -2.60. The van der Waals surface area contributed by atoms with Crippen LogP contribution in [0.5, 0.6) is 0 Å². The molecule has 5 heteroatoms. The Balaban J connectivity index is 2.17. The molecule has 3 aromatic carbocycles. The van der Waals surface area contributed by atoms with Crippen molar-refractivity contribution >= 4 is 11.9 Å². The summed E-state index contributed by atoms with van der Waals surface area (Å²) >= 11 is 0. The normalized spacial score (nSPS) is 14.1. The van der Waals surface area contributed by atoms with Crippen molar-refractivity contribution in [3.8, 4) is 0 Å². The lowest BCUT2D eigenvalue weighted by molar-refractivity contribution is -0.156. The van der Waals surface area contributed by atoms with Crippen molar-refractivity contribution in [2.75, 3.05) is 0 Å². The van der Waals surface area contributed by atoms with Crippen molar-refractivity contribution in [3.05, 3.63) is 108 Å². The van der Waals surface area contributed by atoms with E-state index in [0.29, 0.717) is 16.7 Å². The van der Waals surface area contributed by atoms with Crippen LogP contribution in [0, 0.1) is 5.92 Å². The molecule has 0 aliphatic heterocycles. The van der Waals surface area contributed by atoms with E-state index >= 15 is 0 Å². The van der Waals surface area contributed by atoms with Crippen molar-refractivity contribution in [1.29, 1.82) is 0 Å². The first-order valence-corrected chi connectivity index (χ1v) is 9.32. The smallest absolute Gasteiger partial charge is 0.324 e. The molecular formula is C24H23NO4. The summed E-state index contributed by atoms with van der Waals surface area (Å²) in [6.45, 7) is 0. The molecule has 0 aliphatic carbocycles. The molecular weight excluding hydrogens is 366 g/mol. The molecule has 0 heterocycles. The summed E-state index contributed by atoms with van der Waals surface area (Å²) in [4.78, 5) is 24.8. The molecule has 0 saturated carbocycles. The molecule has 0 aliphatic rings. The average molecular weight is 389 g/mol. The summed E-state index contributed by atoms with van der Waals surface area (Å²) in [7, 11) is 0. The van der Waals surface area contributed by atoms with E-state index in [1.165, 1.54) is 0 Å². The maximum atomic E-state index is 12.5. The zero-order valence-electron chi connectivity index (χ0n) is 15.8. The van der Waals surface area contributed by atoms with E-state index in [0.717, 1.165) is 0 Å². The van der Waals surface area contributed by atoms with Gasteiger partial charge in [0, 0.05) is 12.3 Å². The Kier molecular flexibility index (Phi) is 6.10. The number of nitrogens with two attached hydrogens (primary N) is 1. The minimum absolute atomic E-state index is 0.101. The quantitative estimate of drug-likeness (QED) is 0.547. The van der Waals surface area contributed by atoms with Crippen LogP contribution in [-0.2, 0) is 16.0 Å². The van der Waals surface area contributed by atoms with Gasteiger partial charge in [-0.2, -0.15) is 0 Å². The van der Waals surface area contributed by atoms with Gasteiger partial charge in [-0.1, -0.05) is 91.0 Å². The van der Waals surface area contributed by atoms with Gasteiger partial charge >= 0.3 is 11.9 Å². The molecule has 0 amide bonds. The zero-order chi connectivity index (χ0) is 20.9. The molecule has 5 nitrogen and oxygen atoms in total. The second-order valence-electron chi connectivity index (χ2n) is 7.12. The van der Waals surface area contributed by atoms with Gasteiger partial charge in [-0.3, -0.25) is 9.59 Å². The predicted molar refractivity (Wildman–Crippen MR) is 111 cm³/mol. The highest BCUT2D eigenvalue weighted by Crippen LogP contribution is 2.39. The molecule has 0 fully saturated rings. The van der Waals surface area contributed by atoms with Crippen molar-refractivity contribution < 1.29 is 19.8 Å². The van der Waals surface area contributed by atoms with Gasteiger partial charge in [0.25, 0.3) is 0 Å². The Morgan fingerprint density at radius 1 is 0.759 bits per heavy atom. The van der Waals surface area contributed by atoms with Crippen LogP contribution in [0.15, 0.2) is 91.0 Å². The van der Waals surface area contributed by atoms with Crippen LogP contribution < -0.4 is 5.73 Å². The van der Waals surface area contributed by atoms with Crippen LogP contribution in [0.3, 0.4) is 0 Å². The lowest BCUT2D eigenvalue weighted by Gasteiger charge is -2.37. The van der Waals surface area contributed by atoms with Crippen LogP contribution in [0.1, 0.15) is 22.6 Å². The van der Waals surface area contributed by atoms with E-state index < -0.39 is 29.3 Å². The molecule has 29 heavy (non-hydrogen) atoms. The molecule has 148 valence electrons. The Hall–Kier alpha value is -3.44. The largest absolute Gasteiger partial charge is 0.481 e. The fourth-order valence-corrected chi connectivity index (χ4v) is 3.81. The highest BCUT2D eigenvalue weighted by Gasteiger charge is 2.51. The summed E-state index contributed by atoms with van der Waals surface area (Å²) in [5, 5.41) is 20.3. The average Bonchev–Trinajstić information content (AvgIpc) is 2.73. The first-order chi connectivity index (χ1) is 13.9. The number of carbonyl (C=O) groups is 2. The van der Waals surface area contributed by atoms with Gasteiger partial charge in [-0.15, -0.1) is 0 Å². The van der Waals surface area contributed by atoms with Crippen molar-refractivity contribution in [3.63, 3.8) is 0 Å². The third-order valence-electron chi connectivity index (χ3n) is 5.21. The number of benzene rings is 3. The van der Waals surface area contributed by atoms with Gasteiger partial charge in [0.2, 0.25) is 0 Å². The highest BCUT2D eigenvalue weighted by molar-refractivity contribution is 5.88. The standard InChI is InChI=1S/C24H23NO4/c25-24(23(28)29,16-17-10-4-1-5-11-17)21(22(26)27)20(18-12-6-2-7-13-18)19-14-8-3-9-15-19/h1-15,20-21H,16,25H2,(H,26,27)(H,28,29)/t21?,24-/m0/s1. The van der Waals surface area contributed by atoms with Gasteiger partial charge in [0.05, 0.1) is 5.92 Å². The summed E-state index contributed by atoms with van der Waals surface area (Å²) in [6, 6.07) is 27.0. The number of carboxylic acid groups (broad SMARTS) is 2. The Morgan fingerprint density at radius 3 is 1.55 bits per heavy atom. The van der Waals surface area contributed by atoms with Gasteiger partial charge in [-0.05, 0) is 16.7 Å². The van der Waals surface area contributed by atoms with Crippen LogP contribution in [0.2, 0.25) is 0 Å². The number of hydrogen-bond acceptors (Lipinski definition) is 3. The van der Waals surface area contributed by atoms with Gasteiger partial charge in [0.1, 0.15) is 5.54 Å². The number of hydrogen-bond donors (Lipinski definition) is 3. The second-order valence-corrected chi connectivity index (χ2v) is 7.12. The van der Waals surface area contributed by atoms with Gasteiger partial charge in [0.15, 0.2) is 0 Å². The molecule has 0 bridgehead atoms. The highest BCUT2D eigenvalue weighted by atomic mass is 16.4. The van der Waals surface area contributed by atoms with Crippen molar-refractivity contribution in [2.45, 2.75) is 17.9 Å². The minimum Gasteiger partial charge on any atom is -0.481 e. The van der Waals surface area contributed by atoms with Crippen molar-refractivity contribution in [2.24, 2.45) is 11.7 Å². The first-order valence-electron chi connectivity index (χ1n) is 9.32. The fourth-order valence-electron chi connectivity index (χ4n) is 3.81. The van der Waals surface area contributed by atoms with Gasteiger partial charge < -0.3 is 15.9 Å². The summed E-state index contributed by atoms with van der Waals surface area (Å²) in [6.07, 6.45) is -0.101. The van der Waals surface area contributed by atoms with E-state index in [-0.39, 0.29) is 6.42 Å². The summed E-state index contributed by atoms with van der Waals surface area (Å²) < 4.78 is 0. The Labute approximate surface area is 169 Å². The topological polar surface area (TPSA) is 101 Å². The minimum atomic E-state index is -2.01. The molecule has 3 rings (SSSR count). The number of carboxylic acids is 2. The van der Waals surface area contributed by atoms with Crippen LogP contribution >= 0.6 is 0 Å². The SMILES string of the molecule is N[C@](Cc1ccccc1)(C(=O)O)C(C(=O)O)C(c1ccccc1)c1ccccc1. The molecule has 1 unspecified atom stereocenters. The molecule has 3 aromatic rings.